The van der Waals surface area contributed by atoms with Gasteiger partial charge in [0, 0.05) is 26.2 Å². The molecule has 7 heteroatoms. The van der Waals surface area contributed by atoms with E-state index in [0.29, 0.717) is 25.4 Å². The third-order valence-electron chi connectivity index (χ3n) is 3.75. The number of carbonyl (C=O) groups excluding carboxylic acids is 2. The Morgan fingerprint density at radius 1 is 1.22 bits per heavy atom. The molecule has 1 aliphatic rings. The topological polar surface area (TPSA) is 75.9 Å². The molecule has 2 N–H and O–H groups in total. The molecule has 1 saturated heterocycles. The van der Waals surface area contributed by atoms with Crippen LogP contribution >= 0.6 is 0 Å². The Kier molecular flexibility index (Phi) is 5.92. The molecule has 1 aromatic carbocycles. The summed E-state index contributed by atoms with van der Waals surface area (Å²) in [4.78, 5) is 27.1. The third-order valence-corrected chi connectivity index (χ3v) is 3.75. The van der Waals surface area contributed by atoms with Gasteiger partial charge in [-0.1, -0.05) is 0 Å². The largest absolute Gasteiger partial charge is 0.481 e. The summed E-state index contributed by atoms with van der Waals surface area (Å²) in [7, 11) is 0. The molecule has 1 heterocycles. The van der Waals surface area contributed by atoms with Crippen molar-refractivity contribution >= 4 is 11.8 Å². The fourth-order valence-corrected chi connectivity index (χ4v) is 2.59. The molecular weight excluding hydrogens is 301 g/mol. The van der Waals surface area contributed by atoms with Crippen molar-refractivity contribution in [2.24, 2.45) is 5.73 Å². The average Bonchev–Trinajstić information content (AvgIpc) is 2.73. The molecule has 0 saturated carbocycles. The van der Waals surface area contributed by atoms with Crippen LogP contribution in [0.1, 0.15) is 13.3 Å². The molecule has 2 rings (SSSR count). The number of benzene rings is 1. The Morgan fingerprint density at radius 3 is 2.57 bits per heavy atom. The van der Waals surface area contributed by atoms with E-state index in [1.807, 2.05) is 4.90 Å². The second-order valence-corrected chi connectivity index (χ2v) is 5.64. The van der Waals surface area contributed by atoms with Gasteiger partial charge in [0.25, 0.3) is 5.91 Å². The van der Waals surface area contributed by atoms with Crippen LogP contribution in [0.3, 0.4) is 0 Å². The lowest BCUT2D eigenvalue weighted by atomic mass is 10.3. The van der Waals surface area contributed by atoms with Gasteiger partial charge in [-0.15, -0.1) is 0 Å². The van der Waals surface area contributed by atoms with Crippen molar-refractivity contribution in [2.45, 2.75) is 19.4 Å². The van der Waals surface area contributed by atoms with Gasteiger partial charge in [0.05, 0.1) is 6.54 Å². The van der Waals surface area contributed by atoms with Crippen molar-refractivity contribution in [1.29, 1.82) is 0 Å². The van der Waals surface area contributed by atoms with Crippen LogP contribution in [0.2, 0.25) is 0 Å². The van der Waals surface area contributed by atoms with E-state index in [0.717, 1.165) is 13.0 Å². The van der Waals surface area contributed by atoms with Crippen LogP contribution in [0.4, 0.5) is 4.39 Å². The molecule has 0 bridgehead atoms. The Bertz CT molecular complexity index is 550. The van der Waals surface area contributed by atoms with Crippen LogP contribution in [-0.4, -0.2) is 60.4 Å². The van der Waals surface area contributed by atoms with Gasteiger partial charge in [-0.2, -0.15) is 0 Å². The summed E-state index contributed by atoms with van der Waals surface area (Å²) in [5.74, 6) is -0.371. The van der Waals surface area contributed by atoms with Crippen molar-refractivity contribution in [2.75, 3.05) is 32.7 Å². The molecule has 0 aliphatic carbocycles. The molecular formula is C16H22FN3O3. The van der Waals surface area contributed by atoms with Gasteiger partial charge in [-0.3, -0.25) is 14.5 Å². The van der Waals surface area contributed by atoms with Crippen LogP contribution in [0.15, 0.2) is 24.3 Å². The zero-order chi connectivity index (χ0) is 16.8. The Labute approximate surface area is 135 Å². The molecule has 1 aromatic rings. The van der Waals surface area contributed by atoms with Gasteiger partial charge in [0.1, 0.15) is 11.6 Å². The molecule has 0 unspecified atom stereocenters. The first kappa shape index (κ1) is 17.2. The first-order chi connectivity index (χ1) is 11.0. The van der Waals surface area contributed by atoms with Gasteiger partial charge in [-0.05, 0) is 37.6 Å². The molecule has 2 amide bonds. The molecule has 126 valence electrons. The minimum Gasteiger partial charge on any atom is -0.481 e. The van der Waals surface area contributed by atoms with Crippen LogP contribution in [0.5, 0.6) is 5.75 Å². The van der Waals surface area contributed by atoms with E-state index in [1.54, 1.807) is 11.8 Å². The van der Waals surface area contributed by atoms with E-state index < -0.39 is 6.10 Å². The van der Waals surface area contributed by atoms with E-state index >= 15 is 0 Å². The SMILES string of the molecule is C[C@@H](Oc1ccc(F)cc1)C(=O)N1CCCN(CC(N)=O)CC1. The van der Waals surface area contributed by atoms with Gasteiger partial charge < -0.3 is 15.4 Å². The fourth-order valence-electron chi connectivity index (χ4n) is 2.59. The summed E-state index contributed by atoms with van der Waals surface area (Å²) in [6.45, 7) is 4.38. The van der Waals surface area contributed by atoms with E-state index in [-0.39, 0.29) is 24.2 Å². The molecule has 6 nitrogen and oxygen atoms in total. The molecule has 0 spiro atoms. The van der Waals surface area contributed by atoms with Crippen LogP contribution < -0.4 is 10.5 Å². The highest BCUT2D eigenvalue weighted by Gasteiger charge is 2.25. The van der Waals surface area contributed by atoms with Crippen LogP contribution in [0.25, 0.3) is 0 Å². The predicted octanol–water partition coefficient (Wildman–Crippen LogP) is 0.613. The molecule has 23 heavy (non-hydrogen) atoms. The minimum absolute atomic E-state index is 0.116. The zero-order valence-corrected chi connectivity index (χ0v) is 13.2. The summed E-state index contributed by atoms with van der Waals surface area (Å²) in [5.41, 5.74) is 5.21. The van der Waals surface area contributed by atoms with Gasteiger partial charge in [0.15, 0.2) is 6.10 Å². The highest BCUT2D eigenvalue weighted by Crippen LogP contribution is 2.14. The summed E-state index contributed by atoms with van der Waals surface area (Å²) < 4.78 is 18.4. The second kappa shape index (κ2) is 7.92. The molecule has 0 aromatic heterocycles. The lowest BCUT2D eigenvalue weighted by molar-refractivity contribution is -0.137. The number of hydrogen-bond acceptors (Lipinski definition) is 4. The van der Waals surface area contributed by atoms with E-state index in [1.165, 1.54) is 24.3 Å². The number of nitrogens with zero attached hydrogens (tertiary/aromatic N) is 2. The van der Waals surface area contributed by atoms with Gasteiger partial charge in [-0.25, -0.2) is 4.39 Å². The van der Waals surface area contributed by atoms with Crippen molar-refractivity contribution < 1.29 is 18.7 Å². The Balaban J connectivity index is 1.88. The number of primary amides is 1. The predicted molar refractivity (Wildman–Crippen MR) is 83.3 cm³/mol. The second-order valence-electron chi connectivity index (χ2n) is 5.64. The Hall–Kier alpha value is -2.15. The number of nitrogens with two attached hydrogens (primary N) is 1. The molecule has 1 atom stereocenters. The van der Waals surface area contributed by atoms with E-state index in [9.17, 15) is 14.0 Å². The monoisotopic (exact) mass is 323 g/mol. The maximum Gasteiger partial charge on any atom is 0.263 e. The summed E-state index contributed by atoms with van der Waals surface area (Å²) in [5, 5.41) is 0. The average molecular weight is 323 g/mol. The molecule has 0 radical (unpaired) electrons. The number of rotatable bonds is 5. The summed E-state index contributed by atoms with van der Waals surface area (Å²) in [6, 6.07) is 5.58. The van der Waals surface area contributed by atoms with E-state index in [2.05, 4.69) is 0 Å². The van der Waals surface area contributed by atoms with Crippen molar-refractivity contribution in [1.82, 2.24) is 9.80 Å². The molecule has 1 aliphatic heterocycles. The lowest BCUT2D eigenvalue weighted by Crippen LogP contribution is -2.43. The smallest absolute Gasteiger partial charge is 0.263 e. The highest BCUT2D eigenvalue weighted by molar-refractivity contribution is 5.81. The lowest BCUT2D eigenvalue weighted by Gasteiger charge is -2.25. The van der Waals surface area contributed by atoms with Gasteiger partial charge in [0.2, 0.25) is 5.91 Å². The standard InChI is InChI=1S/C16H22FN3O3/c1-12(23-14-5-3-13(17)4-6-14)16(22)20-8-2-7-19(9-10-20)11-15(18)21/h3-6,12H,2,7-11H2,1H3,(H2,18,21)/t12-/m1/s1. The molecule has 1 fully saturated rings. The number of amides is 2. The first-order valence-corrected chi connectivity index (χ1v) is 7.67. The summed E-state index contributed by atoms with van der Waals surface area (Å²) in [6.07, 6.45) is 0.130. The maximum absolute atomic E-state index is 12.9. The normalized spacial score (nSPS) is 17.4. The zero-order valence-electron chi connectivity index (χ0n) is 13.2. The number of halogens is 1. The minimum atomic E-state index is -0.650. The number of hydrogen-bond donors (Lipinski definition) is 1. The van der Waals surface area contributed by atoms with Crippen molar-refractivity contribution in [3.05, 3.63) is 30.1 Å². The quantitative estimate of drug-likeness (QED) is 0.861. The fraction of sp³-hybridized carbons (Fsp3) is 0.500. The third kappa shape index (κ3) is 5.21. The first-order valence-electron chi connectivity index (χ1n) is 7.67. The highest BCUT2D eigenvalue weighted by atomic mass is 19.1. The number of carbonyl (C=O) groups is 2. The van der Waals surface area contributed by atoms with E-state index in [4.69, 9.17) is 10.5 Å². The summed E-state index contributed by atoms with van der Waals surface area (Å²) >= 11 is 0. The number of ether oxygens (including phenoxy) is 1. The van der Waals surface area contributed by atoms with Gasteiger partial charge >= 0.3 is 0 Å². The maximum atomic E-state index is 12.9. The van der Waals surface area contributed by atoms with Crippen molar-refractivity contribution in [3.63, 3.8) is 0 Å². The van der Waals surface area contributed by atoms with Crippen LogP contribution in [0, 0.1) is 5.82 Å². The Morgan fingerprint density at radius 2 is 1.91 bits per heavy atom. The van der Waals surface area contributed by atoms with Crippen LogP contribution in [-0.2, 0) is 9.59 Å². The van der Waals surface area contributed by atoms with Crippen molar-refractivity contribution in [3.8, 4) is 5.75 Å².